The normalized spacial score (nSPS) is 12.7. The van der Waals surface area contributed by atoms with E-state index in [1.54, 1.807) is 18.6 Å². The molecule has 0 saturated heterocycles. The zero-order valence-electron chi connectivity index (χ0n) is 11.9. The van der Waals surface area contributed by atoms with Crippen LogP contribution in [0.1, 0.15) is 24.5 Å². The van der Waals surface area contributed by atoms with E-state index >= 15 is 0 Å². The molecular weight excluding hydrogens is 264 g/mol. The quantitative estimate of drug-likeness (QED) is 0.548. The van der Waals surface area contributed by atoms with Crippen molar-refractivity contribution in [1.29, 1.82) is 0 Å². The first-order valence-corrected chi connectivity index (χ1v) is 6.99. The van der Waals surface area contributed by atoms with E-state index in [9.17, 15) is 0 Å². The van der Waals surface area contributed by atoms with E-state index in [4.69, 9.17) is 10.8 Å². The van der Waals surface area contributed by atoms with E-state index in [0.29, 0.717) is 6.42 Å². The average Bonchev–Trinajstić information content (AvgIpc) is 2.90. The number of imidazole rings is 1. The minimum Gasteiger partial charge on any atom is -0.328 e. The van der Waals surface area contributed by atoms with Crippen molar-refractivity contribution in [3.8, 4) is 0 Å². The van der Waals surface area contributed by atoms with Crippen LogP contribution in [0, 0.1) is 0 Å². The van der Waals surface area contributed by atoms with Crippen LogP contribution >= 0.6 is 0 Å². The van der Waals surface area contributed by atoms with Gasteiger partial charge in [0.25, 0.3) is 0 Å². The molecule has 3 N–H and O–H groups in total. The highest BCUT2D eigenvalue weighted by Gasteiger charge is 2.17. The van der Waals surface area contributed by atoms with Crippen LogP contribution in [-0.4, -0.2) is 19.5 Å². The molecule has 0 amide bonds. The summed E-state index contributed by atoms with van der Waals surface area (Å²) in [7, 11) is 0. The van der Waals surface area contributed by atoms with Crippen molar-refractivity contribution in [2.24, 2.45) is 5.84 Å². The molecular formula is C15H18N6. The zero-order chi connectivity index (χ0) is 14.7. The Hall–Kier alpha value is -2.31. The lowest BCUT2D eigenvalue weighted by Crippen LogP contribution is -2.31. The molecule has 1 atom stereocenters. The van der Waals surface area contributed by atoms with Crippen molar-refractivity contribution in [2.45, 2.75) is 25.9 Å². The molecule has 0 bridgehead atoms. The third-order valence-corrected chi connectivity index (χ3v) is 3.58. The van der Waals surface area contributed by atoms with Gasteiger partial charge in [0, 0.05) is 25.4 Å². The standard InChI is InChI=1S/C15H18N6/c1-2-21-14-6-4-3-5-11(14)19-15(21)9-12(20-16)13-10-17-7-8-18-13/h3-8,10,12,20H,2,9,16H2,1H3. The summed E-state index contributed by atoms with van der Waals surface area (Å²) in [5.41, 5.74) is 5.77. The Kier molecular flexibility index (Phi) is 3.89. The zero-order valence-corrected chi connectivity index (χ0v) is 11.9. The van der Waals surface area contributed by atoms with Gasteiger partial charge in [0.1, 0.15) is 5.82 Å². The van der Waals surface area contributed by atoms with E-state index in [-0.39, 0.29) is 6.04 Å². The van der Waals surface area contributed by atoms with Crippen LogP contribution in [0.3, 0.4) is 0 Å². The van der Waals surface area contributed by atoms with Crippen molar-refractivity contribution < 1.29 is 0 Å². The summed E-state index contributed by atoms with van der Waals surface area (Å²) in [6, 6.07) is 8.03. The van der Waals surface area contributed by atoms with E-state index < -0.39 is 0 Å². The van der Waals surface area contributed by atoms with Gasteiger partial charge in [-0.25, -0.2) is 4.98 Å². The van der Waals surface area contributed by atoms with Crippen molar-refractivity contribution in [3.05, 3.63) is 54.4 Å². The lowest BCUT2D eigenvalue weighted by atomic mass is 10.1. The number of nitrogens with one attached hydrogen (secondary N) is 1. The van der Waals surface area contributed by atoms with Gasteiger partial charge in [-0.2, -0.15) is 0 Å². The molecule has 21 heavy (non-hydrogen) atoms. The van der Waals surface area contributed by atoms with Crippen LogP contribution in [0.4, 0.5) is 0 Å². The number of para-hydroxylation sites is 2. The Bertz CT molecular complexity index is 721. The lowest BCUT2D eigenvalue weighted by Gasteiger charge is -2.15. The summed E-state index contributed by atoms with van der Waals surface area (Å²) in [6.07, 6.45) is 5.71. The SMILES string of the molecule is CCn1c(CC(NN)c2cnccn2)nc2ccccc21. The minimum absolute atomic E-state index is 0.110. The monoisotopic (exact) mass is 282 g/mol. The van der Waals surface area contributed by atoms with Crippen LogP contribution in [0.5, 0.6) is 0 Å². The Morgan fingerprint density at radius 3 is 2.86 bits per heavy atom. The first kappa shape index (κ1) is 13.7. The van der Waals surface area contributed by atoms with Crippen LogP contribution in [0.15, 0.2) is 42.9 Å². The number of fused-ring (bicyclic) bond motifs is 1. The minimum atomic E-state index is -0.110. The number of benzene rings is 1. The average molecular weight is 282 g/mol. The highest BCUT2D eigenvalue weighted by atomic mass is 15.2. The molecule has 0 aliphatic carbocycles. The Morgan fingerprint density at radius 1 is 1.29 bits per heavy atom. The van der Waals surface area contributed by atoms with Gasteiger partial charge in [0.05, 0.1) is 29.0 Å². The van der Waals surface area contributed by atoms with Crippen molar-refractivity contribution in [1.82, 2.24) is 24.9 Å². The lowest BCUT2D eigenvalue weighted by molar-refractivity contribution is 0.512. The highest BCUT2D eigenvalue weighted by Crippen LogP contribution is 2.20. The van der Waals surface area contributed by atoms with E-state index in [0.717, 1.165) is 29.1 Å². The molecule has 0 radical (unpaired) electrons. The molecule has 1 aromatic carbocycles. The summed E-state index contributed by atoms with van der Waals surface area (Å²) in [5.74, 6) is 6.68. The molecule has 3 rings (SSSR count). The number of nitrogens with two attached hydrogens (primary N) is 1. The van der Waals surface area contributed by atoms with Crippen LogP contribution in [0.25, 0.3) is 11.0 Å². The largest absolute Gasteiger partial charge is 0.328 e. The first-order valence-electron chi connectivity index (χ1n) is 6.99. The molecule has 6 heteroatoms. The number of hydrogen-bond donors (Lipinski definition) is 2. The predicted octanol–water partition coefficient (Wildman–Crippen LogP) is 1.59. The number of hydrogen-bond acceptors (Lipinski definition) is 5. The molecule has 1 unspecified atom stereocenters. The smallest absolute Gasteiger partial charge is 0.111 e. The second-order valence-corrected chi connectivity index (χ2v) is 4.81. The molecule has 2 aromatic heterocycles. The molecule has 108 valence electrons. The Balaban J connectivity index is 1.97. The summed E-state index contributed by atoms with van der Waals surface area (Å²) < 4.78 is 2.20. The van der Waals surface area contributed by atoms with Gasteiger partial charge in [0.2, 0.25) is 0 Å². The number of aryl methyl sites for hydroxylation is 1. The van der Waals surface area contributed by atoms with Crippen LogP contribution < -0.4 is 11.3 Å². The highest BCUT2D eigenvalue weighted by molar-refractivity contribution is 5.75. The molecule has 6 nitrogen and oxygen atoms in total. The number of nitrogens with zero attached hydrogens (tertiary/aromatic N) is 4. The van der Waals surface area contributed by atoms with Gasteiger partial charge in [-0.1, -0.05) is 12.1 Å². The van der Waals surface area contributed by atoms with Crippen LogP contribution in [0.2, 0.25) is 0 Å². The Morgan fingerprint density at radius 2 is 2.14 bits per heavy atom. The fourth-order valence-electron chi connectivity index (χ4n) is 2.56. The van der Waals surface area contributed by atoms with Gasteiger partial charge >= 0.3 is 0 Å². The second kappa shape index (κ2) is 5.99. The van der Waals surface area contributed by atoms with E-state index in [1.165, 1.54) is 0 Å². The van der Waals surface area contributed by atoms with Gasteiger partial charge in [-0.15, -0.1) is 0 Å². The van der Waals surface area contributed by atoms with Gasteiger partial charge in [-0.3, -0.25) is 21.2 Å². The van der Waals surface area contributed by atoms with Crippen molar-refractivity contribution in [3.63, 3.8) is 0 Å². The van der Waals surface area contributed by atoms with E-state index in [1.807, 2.05) is 18.2 Å². The predicted molar refractivity (Wildman–Crippen MR) is 81.2 cm³/mol. The molecule has 0 spiro atoms. The van der Waals surface area contributed by atoms with Crippen molar-refractivity contribution in [2.75, 3.05) is 0 Å². The van der Waals surface area contributed by atoms with E-state index in [2.05, 4.69) is 33.0 Å². The van der Waals surface area contributed by atoms with Gasteiger partial charge in [-0.05, 0) is 19.1 Å². The number of aromatic nitrogens is 4. The number of hydrazine groups is 1. The first-order chi connectivity index (χ1) is 10.3. The molecule has 0 saturated carbocycles. The third-order valence-electron chi connectivity index (χ3n) is 3.58. The number of rotatable bonds is 5. The van der Waals surface area contributed by atoms with Crippen molar-refractivity contribution >= 4 is 11.0 Å². The maximum absolute atomic E-state index is 5.68. The van der Waals surface area contributed by atoms with Gasteiger partial charge in [0.15, 0.2) is 0 Å². The fraction of sp³-hybridized carbons (Fsp3) is 0.267. The molecule has 2 heterocycles. The summed E-state index contributed by atoms with van der Waals surface area (Å²) in [5, 5.41) is 0. The molecule has 0 aliphatic rings. The summed E-state index contributed by atoms with van der Waals surface area (Å²) in [6.45, 7) is 2.98. The maximum atomic E-state index is 5.68. The second-order valence-electron chi connectivity index (χ2n) is 4.81. The van der Waals surface area contributed by atoms with Gasteiger partial charge < -0.3 is 4.57 Å². The Labute approximate surface area is 123 Å². The topological polar surface area (TPSA) is 81.7 Å². The third kappa shape index (κ3) is 2.63. The summed E-state index contributed by atoms with van der Waals surface area (Å²) in [4.78, 5) is 13.1. The molecule has 0 fully saturated rings. The molecule has 0 aliphatic heterocycles. The maximum Gasteiger partial charge on any atom is 0.111 e. The summed E-state index contributed by atoms with van der Waals surface area (Å²) >= 11 is 0. The molecule has 3 aromatic rings. The van der Waals surface area contributed by atoms with Crippen LogP contribution in [-0.2, 0) is 13.0 Å². The fourth-order valence-corrected chi connectivity index (χ4v) is 2.56.